The van der Waals surface area contributed by atoms with E-state index in [4.69, 9.17) is 0 Å². The lowest BCUT2D eigenvalue weighted by molar-refractivity contribution is 1.16. The Kier molecular flexibility index (Phi) is 8.23. The molecule has 3 aromatic heterocycles. The van der Waals surface area contributed by atoms with Crippen LogP contribution >= 0.6 is 0 Å². The van der Waals surface area contributed by atoms with Crippen molar-refractivity contribution in [3.8, 4) is 17.1 Å². The zero-order valence-electron chi connectivity index (χ0n) is 35.0. The van der Waals surface area contributed by atoms with Crippen LogP contribution in [-0.4, -0.2) is 21.8 Å². The quantitative estimate of drug-likeness (QED) is 0.112. The molecule has 0 aliphatic rings. The van der Waals surface area contributed by atoms with Gasteiger partial charge in [0.05, 0.1) is 38.8 Å². The Labute approximate surface area is 372 Å². The van der Waals surface area contributed by atoms with Gasteiger partial charge in [0.15, 0.2) is 8.07 Å². The largest absolute Gasteiger partial charge is 0.309 e. The summed E-state index contributed by atoms with van der Waals surface area (Å²) in [5, 5.41) is 12.9. The highest BCUT2D eigenvalue weighted by atomic mass is 28.3. The van der Waals surface area contributed by atoms with Crippen molar-refractivity contribution in [2.45, 2.75) is 0 Å². The molecule has 0 bridgehead atoms. The fraction of sp³-hybridized carbons (Fsp3) is 0. The maximum absolute atomic E-state index is 2.95. The van der Waals surface area contributed by atoms with Crippen LogP contribution in [0.1, 0.15) is 0 Å². The molecule has 4 heteroatoms. The van der Waals surface area contributed by atoms with E-state index >= 15 is 0 Å². The van der Waals surface area contributed by atoms with E-state index in [9.17, 15) is 0 Å². The normalized spacial score (nSPS) is 12.1. The van der Waals surface area contributed by atoms with Crippen LogP contribution in [0.4, 0.5) is 0 Å². The van der Waals surface area contributed by atoms with Crippen molar-refractivity contribution < 1.29 is 0 Å². The molecule has 10 aromatic carbocycles. The second-order valence-electron chi connectivity index (χ2n) is 16.8. The predicted octanol–water partition coefficient (Wildman–Crippen LogP) is 12.4. The van der Waals surface area contributed by atoms with Gasteiger partial charge in [-0.25, -0.2) is 0 Å². The molecule has 0 aliphatic carbocycles. The minimum atomic E-state index is -2.95. The van der Waals surface area contributed by atoms with Gasteiger partial charge >= 0.3 is 0 Å². The highest BCUT2D eigenvalue weighted by Gasteiger charge is 2.43. The highest BCUT2D eigenvalue weighted by molar-refractivity contribution is 7.20. The van der Waals surface area contributed by atoms with Crippen LogP contribution in [-0.2, 0) is 0 Å². The summed E-state index contributed by atoms with van der Waals surface area (Å²) in [5.74, 6) is 0. The fourth-order valence-electron chi connectivity index (χ4n) is 11.0. The molecule has 0 saturated carbocycles. The number of hydrogen-bond donors (Lipinski definition) is 0. The van der Waals surface area contributed by atoms with Crippen molar-refractivity contribution >= 4 is 94.2 Å². The van der Waals surface area contributed by atoms with E-state index in [-0.39, 0.29) is 0 Å². The summed E-state index contributed by atoms with van der Waals surface area (Å²) in [5.41, 5.74) is 10.6. The topological polar surface area (TPSA) is 14.8 Å². The van der Waals surface area contributed by atoms with Gasteiger partial charge in [-0.1, -0.05) is 188 Å². The van der Waals surface area contributed by atoms with Gasteiger partial charge in [-0.05, 0) is 81.4 Å². The van der Waals surface area contributed by atoms with Crippen LogP contribution in [0.3, 0.4) is 0 Å². The van der Waals surface area contributed by atoms with Gasteiger partial charge in [-0.15, -0.1) is 0 Å². The second kappa shape index (κ2) is 14.5. The summed E-state index contributed by atoms with van der Waals surface area (Å²) in [6.45, 7) is 0. The zero-order valence-corrected chi connectivity index (χ0v) is 36.0. The number of benzene rings is 10. The number of para-hydroxylation sites is 5. The van der Waals surface area contributed by atoms with Gasteiger partial charge in [0, 0.05) is 43.7 Å². The van der Waals surface area contributed by atoms with Gasteiger partial charge in [-0.3, -0.25) is 0 Å². The summed E-state index contributed by atoms with van der Waals surface area (Å²) in [7, 11) is -2.95. The van der Waals surface area contributed by atoms with Gasteiger partial charge in [0.1, 0.15) is 0 Å². The lowest BCUT2D eigenvalue weighted by atomic mass is 10.1. The van der Waals surface area contributed by atoms with E-state index in [1.54, 1.807) is 0 Å². The number of hydrogen-bond acceptors (Lipinski definition) is 0. The van der Waals surface area contributed by atoms with Crippen LogP contribution in [0.15, 0.2) is 249 Å². The first-order chi connectivity index (χ1) is 31.8. The maximum atomic E-state index is 2.57. The Bertz CT molecular complexity index is 3730. The van der Waals surface area contributed by atoms with Crippen molar-refractivity contribution in [1.82, 2.24) is 13.7 Å². The molecule has 13 rings (SSSR count). The monoisotopic (exact) mass is 831 g/mol. The van der Waals surface area contributed by atoms with Crippen LogP contribution in [0.25, 0.3) is 82.5 Å². The number of nitrogens with zero attached hydrogens (tertiary/aromatic N) is 3. The van der Waals surface area contributed by atoms with Crippen molar-refractivity contribution in [1.29, 1.82) is 0 Å². The van der Waals surface area contributed by atoms with Crippen LogP contribution in [0.5, 0.6) is 0 Å². The molecule has 300 valence electrons. The molecule has 64 heavy (non-hydrogen) atoms. The van der Waals surface area contributed by atoms with E-state index < -0.39 is 8.07 Å². The molecule has 0 aliphatic heterocycles. The second-order valence-corrected chi connectivity index (χ2v) is 20.6. The van der Waals surface area contributed by atoms with Gasteiger partial charge in [0.2, 0.25) is 0 Å². The summed E-state index contributed by atoms with van der Waals surface area (Å²) in [6.07, 6.45) is 0. The first-order valence-corrected chi connectivity index (χ1v) is 24.1. The average Bonchev–Trinajstić information content (AvgIpc) is 4.01. The first-order valence-electron chi connectivity index (χ1n) is 22.1. The molecule has 0 amide bonds. The van der Waals surface area contributed by atoms with Crippen LogP contribution in [0, 0.1) is 0 Å². The lowest BCUT2D eigenvalue weighted by Crippen LogP contribution is -2.75. The summed E-state index contributed by atoms with van der Waals surface area (Å²) >= 11 is 0. The molecular weight excluding hydrogens is 791 g/mol. The van der Waals surface area contributed by atoms with Gasteiger partial charge in [0.25, 0.3) is 0 Å². The van der Waals surface area contributed by atoms with Crippen molar-refractivity contribution in [3.05, 3.63) is 249 Å². The number of rotatable bonds is 7. The van der Waals surface area contributed by atoms with E-state index in [0.717, 1.165) is 11.4 Å². The molecule has 13 aromatic rings. The highest BCUT2D eigenvalue weighted by Crippen LogP contribution is 2.41. The Morgan fingerprint density at radius 2 is 0.703 bits per heavy atom. The molecule has 0 N–H and O–H groups in total. The standard InChI is InChI=1S/C60H41N3Si/c1-5-21-42(22-6-1)61-55-40-39-43(41-51(55)59-56(61)36-20-37-57(59)63-53-34-17-13-29-47(53)48-30-14-18-35-54(48)63)62-52-33-16-15-31-49(52)50-32-19-38-58(60(50)62)64(44-23-7-2-8-24-44,45-25-9-3-10-26-45)46-27-11-4-12-28-46/h1-41H. The fourth-order valence-corrected chi connectivity index (χ4v) is 16.0. The molecule has 0 fully saturated rings. The van der Waals surface area contributed by atoms with Crippen molar-refractivity contribution in [3.63, 3.8) is 0 Å². The van der Waals surface area contributed by atoms with Gasteiger partial charge in [-0.2, -0.15) is 0 Å². The predicted molar refractivity (Wildman–Crippen MR) is 273 cm³/mol. The maximum Gasteiger partial charge on any atom is 0.181 e. The molecule has 3 nitrogen and oxygen atoms in total. The Morgan fingerprint density at radius 3 is 1.28 bits per heavy atom. The lowest BCUT2D eigenvalue weighted by Gasteiger charge is -2.35. The molecular formula is C60H41N3Si. The summed E-state index contributed by atoms with van der Waals surface area (Å²) < 4.78 is 7.50. The Balaban J connectivity index is 1.18. The first kappa shape index (κ1) is 36.5. The minimum Gasteiger partial charge on any atom is -0.309 e. The van der Waals surface area contributed by atoms with E-state index in [0.29, 0.717) is 0 Å². The zero-order chi connectivity index (χ0) is 42.2. The van der Waals surface area contributed by atoms with E-state index in [1.165, 1.54) is 91.9 Å². The third-order valence-electron chi connectivity index (χ3n) is 13.6. The Morgan fingerprint density at radius 1 is 0.266 bits per heavy atom. The average molecular weight is 832 g/mol. The van der Waals surface area contributed by atoms with Crippen LogP contribution in [0.2, 0.25) is 0 Å². The number of aromatic nitrogens is 3. The molecule has 0 spiro atoms. The van der Waals surface area contributed by atoms with Crippen LogP contribution < -0.4 is 20.7 Å². The van der Waals surface area contributed by atoms with Gasteiger partial charge < -0.3 is 13.7 Å². The van der Waals surface area contributed by atoms with Crippen molar-refractivity contribution in [2.75, 3.05) is 0 Å². The van der Waals surface area contributed by atoms with E-state index in [1.807, 2.05) is 0 Å². The molecule has 3 heterocycles. The molecule has 0 saturated heterocycles. The molecule has 0 atom stereocenters. The SMILES string of the molecule is c1ccc(-n2c3ccc(-n4c5ccccc5c5cccc([Si](c6ccccc6)(c6ccccc6)c6ccccc6)c54)cc3c3c(-n4c5ccccc5c5ccccc54)cccc32)cc1. The molecule has 0 unspecified atom stereocenters. The summed E-state index contributed by atoms with van der Waals surface area (Å²) in [4.78, 5) is 0. The number of fused-ring (bicyclic) bond motifs is 9. The summed E-state index contributed by atoms with van der Waals surface area (Å²) in [6, 6.07) is 92.3. The third-order valence-corrected chi connectivity index (χ3v) is 18.4. The molecule has 0 radical (unpaired) electrons. The Hall–Kier alpha value is -8.18. The van der Waals surface area contributed by atoms with E-state index in [2.05, 4.69) is 262 Å². The third kappa shape index (κ3) is 5.21. The van der Waals surface area contributed by atoms with Crippen molar-refractivity contribution in [2.24, 2.45) is 0 Å². The smallest absolute Gasteiger partial charge is 0.181 e. The minimum absolute atomic E-state index is 1.13.